The van der Waals surface area contributed by atoms with E-state index in [2.05, 4.69) is 15.6 Å². The number of likely N-dealkylation sites (tertiary alicyclic amines) is 1. The molecule has 3 aromatic carbocycles. The van der Waals surface area contributed by atoms with Crippen LogP contribution >= 0.6 is 23.6 Å². The summed E-state index contributed by atoms with van der Waals surface area (Å²) in [5.41, 5.74) is 0.798. The smallest absolute Gasteiger partial charge is 0.417 e. The lowest BCUT2D eigenvalue weighted by Gasteiger charge is -2.35. The number of alkyl halides is 3. The molecule has 2 N–H and O–H groups in total. The molecule has 72 heavy (non-hydrogen) atoms. The van der Waals surface area contributed by atoms with Crippen LogP contribution in [0.2, 0.25) is 0 Å². The van der Waals surface area contributed by atoms with Gasteiger partial charge in [0.25, 0.3) is 5.91 Å². The summed E-state index contributed by atoms with van der Waals surface area (Å²) in [5, 5.41) is 14.8. The van der Waals surface area contributed by atoms with Gasteiger partial charge in [-0.15, -0.1) is 11.3 Å². The number of benzene rings is 3. The summed E-state index contributed by atoms with van der Waals surface area (Å²) in [4.78, 5) is 63.5. The Morgan fingerprint density at radius 2 is 1.65 bits per heavy atom. The molecule has 4 aromatic rings. The monoisotopic (exact) mass is 1040 g/mol. The van der Waals surface area contributed by atoms with Gasteiger partial charge in [-0.05, 0) is 92.7 Å². The minimum Gasteiger partial charge on any atom is -0.490 e. The maximum absolute atomic E-state index is 15.3. The average Bonchev–Trinajstić information content (AvgIpc) is 4.02. The standard InChI is InChI=1S/C51H59F4N7O8S2/c1-31-43(72-30-58-31)33-13-11-32(12-14-33)27-57-45(64)40-25-37(67-7)28-60(40)46(65)44(49(2,3)4)59-42(63)29-69-20-9-8-19-68-21-10-22-70-41-18-17-36(24-39(41)52)62-48(71)61(47(66)50(62,5)6)35-16-15-34(26-56)38(23-35)51(53,54)55/h11-18,23-24,30,37,40,44H,8-10,19-22,25,27-29H2,1-7H3,(H,57,64)(H,59,63)/t37-,40+,44-/m1/s1. The van der Waals surface area contributed by atoms with Gasteiger partial charge in [0, 0.05) is 64.6 Å². The van der Waals surface area contributed by atoms with Crippen molar-refractivity contribution in [1.82, 2.24) is 20.5 Å². The fourth-order valence-corrected chi connectivity index (χ4v) is 9.69. The molecule has 0 bridgehead atoms. The van der Waals surface area contributed by atoms with E-state index in [-0.39, 0.29) is 73.1 Å². The summed E-state index contributed by atoms with van der Waals surface area (Å²) in [5.74, 6) is -2.62. The lowest BCUT2D eigenvalue weighted by molar-refractivity contribution is -0.144. The van der Waals surface area contributed by atoms with Crippen LogP contribution in [-0.2, 0) is 46.1 Å². The van der Waals surface area contributed by atoms with Crippen molar-refractivity contribution in [3.05, 3.63) is 94.4 Å². The molecular weight excluding hydrogens is 979 g/mol. The second kappa shape index (κ2) is 23.7. The fraction of sp³-hybridized carbons (Fsp3) is 0.471. The van der Waals surface area contributed by atoms with E-state index in [4.69, 9.17) is 31.2 Å². The maximum atomic E-state index is 15.3. The van der Waals surface area contributed by atoms with Gasteiger partial charge in [-0.1, -0.05) is 45.0 Å². The molecule has 0 unspecified atom stereocenters. The topological polar surface area (TPSA) is 176 Å². The predicted molar refractivity (Wildman–Crippen MR) is 267 cm³/mol. The summed E-state index contributed by atoms with van der Waals surface area (Å²) in [6, 6.07) is 14.5. The zero-order valence-electron chi connectivity index (χ0n) is 41.2. The number of aromatic nitrogens is 1. The number of rotatable bonds is 21. The third-order valence-corrected chi connectivity index (χ3v) is 13.7. The normalized spacial score (nSPS) is 17.3. The molecule has 4 amide bonds. The quantitative estimate of drug-likeness (QED) is 0.0467. The van der Waals surface area contributed by atoms with Crippen molar-refractivity contribution in [3.63, 3.8) is 0 Å². The number of ether oxygens (including phenoxy) is 4. The molecular formula is C51H59F4N7O8S2. The van der Waals surface area contributed by atoms with E-state index in [0.29, 0.717) is 45.0 Å². The van der Waals surface area contributed by atoms with Crippen molar-refractivity contribution in [2.45, 2.75) is 104 Å². The molecule has 3 atom stereocenters. The number of aryl methyl sites for hydroxylation is 1. The predicted octanol–water partition coefficient (Wildman–Crippen LogP) is 8.11. The molecule has 2 aliphatic heterocycles. The van der Waals surface area contributed by atoms with Gasteiger partial charge in [0.15, 0.2) is 16.7 Å². The second-order valence-corrected chi connectivity index (χ2v) is 20.2. The third-order valence-electron chi connectivity index (χ3n) is 12.3. The molecule has 0 saturated carbocycles. The summed E-state index contributed by atoms with van der Waals surface area (Å²) >= 11 is 7.11. The van der Waals surface area contributed by atoms with Crippen LogP contribution in [-0.4, -0.2) is 109 Å². The van der Waals surface area contributed by atoms with Crippen LogP contribution in [0.25, 0.3) is 10.4 Å². The number of carbonyl (C=O) groups excluding carboxylic acids is 4. The molecule has 15 nitrogen and oxygen atoms in total. The molecule has 2 aliphatic rings. The fourth-order valence-electron chi connectivity index (χ4n) is 8.36. The van der Waals surface area contributed by atoms with Crippen LogP contribution in [0.1, 0.15) is 82.7 Å². The first kappa shape index (κ1) is 55.3. The van der Waals surface area contributed by atoms with Crippen LogP contribution in [0.3, 0.4) is 0 Å². The highest BCUT2D eigenvalue weighted by Gasteiger charge is 2.51. The van der Waals surface area contributed by atoms with Crippen molar-refractivity contribution in [2.75, 3.05) is 56.5 Å². The van der Waals surface area contributed by atoms with Gasteiger partial charge in [0.2, 0.25) is 17.7 Å². The Balaban J connectivity index is 0.887. The minimum atomic E-state index is -4.85. The lowest BCUT2D eigenvalue weighted by Crippen LogP contribution is -2.58. The van der Waals surface area contributed by atoms with Crippen LogP contribution in [0.5, 0.6) is 5.75 Å². The van der Waals surface area contributed by atoms with Crippen molar-refractivity contribution in [1.29, 1.82) is 5.26 Å². The largest absolute Gasteiger partial charge is 0.490 e. The minimum absolute atomic E-state index is 0.0642. The van der Waals surface area contributed by atoms with Gasteiger partial charge in [-0.2, -0.15) is 18.4 Å². The lowest BCUT2D eigenvalue weighted by atomic mass is 9.85. The van der Waals surface area contributed by atoms with Crippen LogP contribution in [0, 0.1) is 29.5 Å². The summed E-state index contributed by atoms with van der Waals surface area (Å²) < 4.78 is 79.0. The summed E-state index contributed by atoms with van der Waals surface area (Å²) in [6.45, 7) is 11.8. The average molecular weight is 1040 g/mol. The van der Waals surface area contributed by atoms with Crippen molar-refractivity contribution in [2.24, 2.45) is 5.41 Å². The molecule has 0 radical (unpaired) electrons. The van der Waals surface area contributed by atoms with E-state index in [9.17, 15) is 37.6 Å². The molecule has 3 heterocycles. The van der Waals surface area contributed by atoms with E-state index in [0.717, 1.165) is 38.7 Å². The molecule has 0 spiro atoms. The number of nitrogens with zero attached hydrogens (tertiary/aromatic N) is 5. The third kappa shape index (κ3) is 13.1. The Morgan fingerprint density at radius 3 is 2.28 bits per heavy atom. The highest BCUT2D eigenvalue weighted by molar-refractivity contribution is 7.81. The van der Waals surface area contributed by atoms with Gasteiger partial charge in [0.1, 0.15) is 24.2 Å². The molecule has 6 rings (SSSR count). The van der Waals surface area contributed by atoms with Gasteiger partial charge >= 0.3 is 6.18 Å². The number of thiocarbonyl (C=S) groups is 1. The zero-order valence-corrected chi connectivity index (χ0v) is 42.8. The van der Waals surface area contributed by atoms with E-state index < -0.39 is 58.0 Å². The molecule has 386 valence electrons. The van der Waals surface area contributed by atoms with Gasteiger partial charge in [-0.25, -0.2) is 9.37 Å². The summed E-state index contributed by atoms with van der Waals surface area (Å²) in [6.07, 6.45) is -3.25. The first-order valence-electron chi connectivity index (χ1n) is 23.3. The maximum Gasteiger partial charge on any atom is 0.417 e. The summed E-state index contributed by atoms with van der Waals surface area (Å²) in [7, 11) is 1.54. The van der Waals surface area contributed by atoms with Crippen LogP contribution in [0.15, 0.2) is 66.2 Å². The first-order valence-corrected chi connectivity index (χ1v) is 24.6. The zero-order chi connectivity index (χ0) is 52.5. The Bertz CT molecular complexity index is 2650. The SMILES string of the molecule is CO[C@@H]1C[C@@H](C(=O)NCc2ccc(-c3scnc3C)cc2)N(C(=O)[C@@H](NC(=O)COCCCCOCCCOc2ccc(N3C(=S)N(c4ccc(C#N)c(C(F)(F)F)c4)C(=O)C3(C)C)cc2F)C(C)(C)C)C1. The van der Waals surface area contributed by atoms with Gasteiger partial charge in [0.05, 0.1) is 51.7 Å². The number of unbranched alkanes of at least 4 members (excludes halogenated alkanes) is 1. The second-order valence-electron chi connectivity index (χ2n) is 19.0. The molecule has 2 fully saturated rings. The Hall–Kier alpha value is -6.05. The van der Waals surface area contributed by atoms with Crippen LogP contribution < -0.4 is 25.2 Å². The molecule has 1 aromatic heterocycles. The van der Waals surface area contributed by atoms with E-state index >= 15 is 4.39 Å². The van der Waals surface area contributed by atoms with Gasteiger partial charge < -0.3 is 39.4 Å². The van der Waals surface area contributed by atoms with E-state index in [1.807, 2.05) is 52.0 Å². The Morgan fingerprint density at radius 1 is 0.972 bits per heavy atom. The number of hydrogen-bond donors (Lipinski definition) is 2. The van der Waals surface area contributed by atoms with Crippen LogP contribution in [0.4, 0.5) is 28.9 Å². The highest BCUT2D eigenvalue weighted by atomic mass is 32.1. The number of halogens is 4. The Labute approximate surface area is 425 Å². The van der Waals surface area contributed by atoms with Crippen molar-refractivity contribution in [3.8, 4) is 22.3 Å². The first-order chi connectivity index (χ1) is 34.1. The number of amides is 4. The number of hydrogen-bond acceptors (Lipinski definition) is 12. The van der Waals surface area contributed by atoms with Crippen molar-refractivity contribution >= 4 is 63.7 Å². The molecule has 0 aliphatic carbocycles. The molecule has 2 saturated heterocycles. The number of thiazole rings is 1. The van der Waals surface area contributed by atoms with Gasteiger partial charge in [-0.3, -0.25) is 24.1 Å². The number of nitriles is 1. The molecule has 21 heteroatoms. The highest BCUT2D eigenvalue weighted by Crippen LogP contribution is 2.40. The van der Waals surface area contributed by atoms with E-state index in [1.54, 1.807) is 24.0 Å². The number of carbonyl (C=O) groups is 4. The van der Waals surface area contributed by atoms with E-state index in [1.165, 1.54) is 47.9 Å². The number of methoxy groups -OCH3 is 1. The number of anilines is 2. The Kier molecular flexibility index (Phi) is 18.2. The van der Waals surface area contributed by atoms with Crippen molar-refractivity contribution < 1.29 is 55.7 Å². The number of nitrogens with one attached hydrogen (secondary N) is 2.